The molecule has 0 unspecified atom stereocenters. The fraction of sp³-hybridized carbons (Fsp3) is 0.208. The van der Waals surface area contributed by atoms with E-state index in [4.69, 9.17) is 0 Å². The smallest absolute Gasteiger partial charge is 0.261 e. The summed E-state index contributed by atoms with van der Waals surface area (Å²) in [7, 11) is -7.11. The first kappa shape index (κ1) is 24.5. The quantitative estimate of drug-likeness (QED) is 0.525. The van der Waals surface area contributed by atoms with Crippen LogP contribution in [0.25, 0.3) is 0 Å². The Labute approximate surface area is 194 Å². The van der Waals surface area contributed by atoms with Crippen LogP contribution in [0.3, 0.4) is 0 Å². The van der Waals surface area contributed by atoms with Crippen LogP contribution >= 0.6 is 0 Å². The predicted octanol–water partition coefficient (Wildman–Crippen LogP) is 4.00. The van der Waals surface area contributed by atoms with Crippen LogP contribution in [0.5, 0.6) is 0 Å². The van der Waals surface area contributed by atoms with Gasteiger partial charge in [-0.05, 0) is 68.3 Å². The van der Waals surface area contributed by atoms with E-state index < -0.39 is 25.9 Å². The summed E-state index contributed by atoms with van der Waals surface area (Å²) in [6.07, 6.45) is 1.13. The highest BCUT2D eigenvalue weighted by molar-refractivity contribution is 7.92. The largest absolute Gasteiger partial charge is 0.346 e. The summed E-state index contributed by atoms with van der Waals surface area (Å²) < 4.78 is 51.3. The van der Waals surface area contributed by atoms with Crippen LogP contribution in [-0.2, 0) is 19.9 Å². The van der Waals surface area contributed by atoms with Crippen molar-refractivity contribution in [3.05, 3.63) is 89.0 Å². The van der Waals surface area contributed by atoms with Crippen molar-refractivity contribution < 1.29 is 21.6 Å². The number of anilines is 1. The van der Waals surface area contributed by atoms with Crippen LogP contribution < -0.4 is 10.0 Å². The number of sulfonamides is 1. The van der Waals surface area contributed by atoms with Crippen molar-refractivity contribution in [3.63, 3.8) is 0 Å². The van der Waals surface area contributed by atoms with Crippen molar-refractivity contribution in [2.75, 3.05) is 11.0 Å². The van der Waals surface area contributed by atoms with Crippen LogP contribution in [-0.4, -0.2) is 29.0 Å². The van der Waals surface area contributed by atoms with Crippen LogP contribution in [0, 0.1) is 13.8 Å². The Morgan fingerprint density at radius 1 is 0.818 bits per heavy atom. The third kappa shape index (κ3) is 5.80. The molecule has 0 radical (unpaired) electrons. The van der Waals surface area contributed by atoms with E-state index in [2.05, 4.69) is 10.0 Å². The molecule has 0 saturated carbocycles. The van der Waals surface area contributed by atoms with Gasteiger partial charge in [-0.3, -0.25) is 9.52 Å². The number of amides is 1. The van der Waals surface area contributed by atoms with Gasteiger partial charge in [-0.1, -0.05) is 35.9 Å². The van der Waals surface area contributed by atoms with Crippen molar-refractivity contribution in [1.29, 1.82) is 0 Å². The van der Waals surface area contributed by atoms with Gasteiger partial charge in [-0.15, -0.1) is 0 Å². The molecule has 3 aromatic rings. The van der Waals surface area contributed by atoms with Gasteiger partial charge in [0, 0.05) is 11.8 Å². The predicted molar refractivity (Wildman–Crippen MR) is 129 cm³/mol. The zero-order valence-corrected chi connectivity index (χ0v) is 20.4. The van der Waals surface area contributed by atoms with Gasteiger partial charge >= 0.3 is 0 Å². The van der Waals surface area contributed by atoms with E-state index in [0.717, 1.165) is 17.4 Å². The van der Waals surface area contributed by atoms with Crippen LogP contribution in [0.1, 0.15) is 40.0 Å². The summed E-state index contributed by atoms with van der Waals surface area (Å²) in [5, 5.41) is 2.87. The molecule has 0 aliphatic carbocycles. The number of carbonyl (C=O) groups is 1. The molecule has 0 aliphatic rings. The molecule has 1 atom stereocenters. The maximum absolute atomic E-state index is 12.9. The summed E-state index contributed by atoms with van der Waals surface area (Å²) in [4.78, 5) is 13.3. The highest BCUT2D eigenvalue weighted by Gasteiger charge is 2.19. The molecule has 1 amide bonds. The number of hydrogen-bond donors (Lipinski definition) is 2. The van der Waals surface area contributed by atoms with Gasteiger partial charge in [0.1, 0.15) is 0 Å². The second-order valence-corrected chi connectivity index (χ2v) is 11.6. The minimum Gasteiger partial charge on any atom is -0.346 e. The zero-order chi connectivity index (χ0) is 24.4. The van der Waals surface area contributed by atoms with E-state index >= 15 is 0 Å². The Kier molecular flexibility index (Phi) is 6.94. The average Bonchev–Trinajstić information content (AvgIpc) is 2.74. The maximum atomic E-state index is 12.9. The Hall–Kier alpha value is -3.17. The van der Waals surface area contributed by atoms with Gasteiger partial charge in [0.05, 0.1) is 21.5 Å². The number of nitrogens with one attached hydrogen (secondary N) is 2. The summed E-state index contributed by atoms with van der Waals surface area (Å²) in [5.74, 6) is -0.372. The highest BCUT2D eigenvalue weighted by atomic mass is 32.2. The van der Waals surface area contributed by atoms with Crippen LogP contribution in [0.15, 0.2) is 76.5 Å². The van der Waals surface area contributed by atoms with Crippen molar-refractivity contribution in [2.24, 2.45) is 0 Å². The first-order chi connectivity index (χ1) is 15.4. The molecule has 0 fully saturated rings. The summed E-state index contributed by atoms with van der Waals surface area (Å²) in [6, 6.07) is 17.2. The lowest BCUT2D eigenvalue weighted by molar-refractivity contribution is 0.0939. The summed E-state index contributed by atoms with van der Waals surface area (Å²) in [5.41, 5.74) is 2.82. The van der Waals surface area contributed by atoms with Crippen LogP contribution in [0.4, 0.5) is 5.69 Å². The number of benzene rings is 3. The maximum Gasteiger partial charge on any atom is 0.261 e. The van der Waals surface area contributed by atoms with E-state index in [9.17, 15) is 21.6 Å². The molecule has 7 nitrogen and oxygen atoms in total. The SMILES string of the molecule is Cc1ccc(S(=O)(=O)Nc2cccc(C(=O)N[C@H](C)c3ccc(S(C)(=O)=O)cc3)c2C)cc1. The minimum atomic E-state index is -3.81. The highest BCUT2D eigenvalue weighted by Crippen LogP contribution is 2.24. The van der Waals surface area contributed by atoms with Gasteiger partial charge in [-0.25, -0.2) is 16.8 Å². The van der Waals surface area contributed by atoms with Crippen molar-refractivity contribution in [1.82, 2.24) is 5.32 Å². The molecule has 0 spiro atoms. The van der Waals surface area contributed by atoms with Gasteiger partial charge < -0.3 is 5.32 Å². The molecule has 2 N–H and O–H groups in total. The second-order valence-electron chi connectivity index (χ2n) is 7.93. The first-order valence-electron chi connectivity index (χ1n) is 10.2. The number of rotatable bonds is 7. The first-order valence-corrected chi connectivity index (χ1v) is 13.6. The van der Waals surface area contributed by atoms with Gasteiger partial charge in [0.2, 0.25) is 0 Å². The molecule has 9 heteroatoms. The lowest BCUT2D eigenvalue weighted by Crippen LogP contribution is -2.27. The molecule has 0 bridgehead atoms. The third-order valence-electron chi connectivity index (χ3n) is 5.31. The van der Waals surface area contributed by atoms with Gasteiger partial charge in [-0.2, -0.15) is 0 Å². The molecule has 0 aromatic heterocycles. The molecular weight excluding hydrogens is 460 g/mol. The van der Waals surface area contributed by atoms with Gasteiger partial charge in [0.15, 0.2) is 9.84 Å². The lowest BCUT2D eigenvalue weighted by Gasteiger charge is -2.17. The minimum absolute atomic E-state index is 0.133. The standard InChI is InChI=1S/C24H26N2O5S2/c1-16-8-12-21(13-9-16)33(30,31)26-23-7-5-6-22(17(23)2)24(27)25-18(3)19-10-14-20(15-11-19)32(4,28)29/h5-15,18,26H,1-4H3,(H,25,27)/t18-/m1/s1. The second kappa shape index (κ2) is 9.36. The van der Waals surface area contributed by atoms with E-state index in [1.54, 1.807) is 56.3 Å². The molecule has 3 aromatic carbocycles. The number of carbonyl (C=O) groups excluding carboxylic acids is 1. The fourth-order valence-electron chi connectivity index (χ4n) is 3.27. The van der Waals surface area contributed by atoms with Crippen molar-refractivity contribution in [2.45, 2.75) is 36.6 Å². The van der Waals surface area contributed by atoms with E-state index in [0.29, 0.717) is 16.8 Å². The summed E-state index contributed by atoms with van der Waals surface area (Å²) >= 11 is 0. The van der Waals surface area contributed by atoms with E-state index in [-0.39, 0.29) is 15.7 Å². The average molecular weight is 487 g/mol. The normalized spacial score (nSPS) is 12.7. The topological polar surface area (TPSA) is 109 Å². The number of hydrogen-bond acceptors (Lipinski definition) is 5. The Bertz CT molecular complexity index is 1380. The fourth-order valence-corrected chi connectivity index (χ4v) is 5.03. The molecular formula is C24H26N2O5S2. The Balaban J connectivity index is 1.79. The molecule has 0 saturated heterocycles. The van der Waals surface area contributed by atoms with Crippen molar-refractivity contribution >= 4 is 31.5 Å². The molecule has 3 rings (SSSR count). The Morgan fingerprint density at radius 2 is 1.39 bits per heavy atom. The van der Waals surface area contributed by atoms with E-state index in [1.165, 1.54) is 24.3 Å². The monoisotopic (exact) mass is 486 g/mol. The lowest BCUT2D eigenvalue weighted by atomic mass is 10.0. The zero-order valence-electron chi connectivity index (χ0n) is 18.8. The van der Waals surface area contributed by atoms with E-state index in [1.807, 2.05) is 6.92 Å². The number of aryl methyl sites for hydroxylation is 1. The molecule has 174 valence electrons. The Morgan fingerprint density at radius 3 is 1.97 bits per heavy atom. The summed E-state index contributed by atoms with van der Waals surface area (Å²) in [6.45, 7) is 5.33. The van der Waals surface area contributed by atoms with Gasteiger partial charge in [0.25, 0.3) is 15.9 Å². The third-order valence-corrected chi connectivity index (χ3v) is 7.82. The molecule has 0 aliphatic heterocycles. The molecule has 33 heavy (non-hydrogen) atoms. The van der Waals surface area contributed by atoms with Crippen molar-refractivity contribution in [3.8, 4) is 0 Å². The van der Waals surface area contributed by atoms with Crippen LogP contribution in [0.2, 0.25) is 0 Å². The molecule has 0 heterocycles. The number of sulfone groups is 1.